The van der Waals surface area contributed by atoms with E-state index in [2.05, 4.69) is 9.97 Å². The van der Waals surface area contributed by atoms with E-state index in [1.165, 1.54) is 0 Å². The van der Waals surface area contributed by atoms with Gasteiger partial charge in [0, 0.05) is 31.2 Å². The second-order valence-electron chi connectivity index (χ2n) is 4.84. The summed E-state index contributed by atoms with van der Waals surface area (Å²) in [5.41, 5.74) is 1.74. The highest BCUT2D eigenvalue weighted by Gasteiger charge is 2.11. The molecule has 0 aliphatic heterocycles. The first kappa shape index (κ1) is 14.1. The third-order valence-corrected chi connectivity index (χ3v) is 3.58. The Kier molecular flexibility index (Phi) is 4.22. The van der Waals surface area contributed by atoms with Gasteiger partial charge in [-0.05, 0) is 42.6 Å². The molecule has 0 amide bonds. The van der Waals surface area contributed by atoms with Crippen molar-refractivity contribution in [2.24, 2.45) is 0 Å². The van der Waals surface area contributed by atoms with E-state index in [4.69, 9.17) is 21.1 Å². The van der Waals surface area contributed by atoms with Gasteiger partial charge in [-0.25, -0.2) is 4.98 Å². The lowest BCUT2D eigenvalue weighted by molar-refractivity contribution is 0.280. The van der Waals surface area contributed by atoms with Crippen LogP contribution in [-0.4, -0.2) is 26.2 Å². The molecule has 3 rings (SSSR count). The Labute approximate surface area is 127 Å². The number of nitrogens with zero attached hydrogens (tertiary/aromatic N) is 3. The van der Waals surface area contributed by atoms with E-state index >= 15 is 0 Å². The molecule has 0 unspecified atom stereocenters. The number of hydrogen-bond acceptors (Lipinski definition) is 4. The van der Waals surface area contributed by atoms with Crippen LogP contribution in [0, 0.1) is 0 Å². The largest absolute Gasteiger partial charge is 0.469 e. The van der Waals surface area contributed by atoms with Crippen molar-refractivity contribution < 1.29 is 9.52 Å². The first-order valence-corrected chi connectivity index (χ1v) is 7.30. The van der Waals surface area contributed by atoms with Crippen molar-refractivity contribution >= 4 is 22.6 Å². The molecule has 1 N–H and O–H groups in total. The maximum absolute atomic E-state index is 8.95. The Bertz CT molecular complexity index is 722. The van der Waals surface area contributed by atoms with E-state index < -0.39 is 0 Å². The summed E-state index contributed by atoms with van der Waals surface area (Å²) in [6.07, 6.45) is 5.84. The molecule has 21 heavy (non-hydrogen) atoms. The molecule has 0 saturated heterocycles. The predicted molar refractivity (Wildman–Crippen MR) is 80.4 cm³/mol. The number of fused-ring (bicyclic) bond motifs is 1. The van der Waals surface area contributed by atoms with Gasteiger partial charge in [-0.1, -0.05) is 0 Å². The Hall–Kier alpha value is -1.85. The Morgan fingerprint density at radius 2 is 2.14 bits per heavy atom. The number of aryl methyl sites for hydroxylation is 3. The van der Waals surface area contributed by atoms with Gasteiger partial charge >= 0.3 is 0 Å². The molecule has 0 aromatic carbocycles. The van der Waals surface area contributed by atoms with Gasteiger partial charge in [0.1, 0.15) is 11.4 Å². The lowest BCUT2D eigenvalue weighted by Gasteiger charge is -2.06. The van der Waals surface area contributed by atoms with Crippen molar-refractivity contribution in [3.63, 3.8) is 0 Å². The van der Waals surface area contributed by atoms with Gasteiger partial charge in [-0.15, -0.1) is 0 Å². The highest BCUT2D eigenvalue weighted by atomic mass is 35.5. The summed E-state index contributed by atoms with van der Waals surface area (Å²) < 4.78 is 7.34. The molecule has 5 nitrogen and oxygen atoms in total. The van der Waals surface area contributed by atoms with Crippen LogP contribution in [0.2, 0.25) is 5.28 Å². The van der Waals surface area contributed by atoms with Crippen molar-refractivity contribution in [3.8, 4) is 0 Å². The second-order valence-corrected chi connectivity index (χ2v) is 5.18. The fourth-order valence-electron chi connectivity index (χ4n) is 2.41. The molecule has 0 aliphatic carbocycles. The van der Waals surface area contributed by atoms with Crippen LogP contribution < -0.4 is 0 Å². The number of aromatic nitrogens is 3. The average Bonchev–Trinajstić information content (AvgIpc) is 3.12. The normalized spacial score (nSPS) is 11.3. The molecular formula is C15H16ClN3O2. The van der Waals surface area contributed by atoms with E-state index in [9.17, 15) is 0 Å². The topological polar surface area (TPSA) is 64.1 Å². The molecule has 0 atom stereocenters. The number of halogens is 1. The average molecular weight is 306 g/mol. The summed E-state index contributed by atoms with van der Waals surface area (Å²) in [7, 11) is 0. The van der Waals surface area contributed by atoms with Gasteiger partial charge in [0.15, 0.2) is 0 Å². The number of rotatable bonds is 6. The van der Waals surface area contributed by atoms with Crippen LogP contribution in [0.3, 0.4) is 0 Å². The van der Waals surface area contributed by atoms with Crippen molar-refractivity contribution in [1.29, 1.82) is 0 Å². The lowest BCUT2D eigenvalue weighted by atomic mass is 10.1. The summed E-state index contributed by atoms with van der Waals surface area (Å²) in [5.74, 6) is 0.928. The van der Waals surface area contributed by atoms with Gasteiger partial charge < -0.3 is 14.1 Å². The maximum Gasteiger partial charge on any atom is 0.224 e. The number of hydrogen-bond donors (Lipinski definition) is 1. The van der Waals surface area contributed by atoms with Crippen molar-refractivity contribution in [1.82, 2.24) is 14.5 Å². The monoisotopic (exact) mass is 305 g/mol. The second kappa shape index (κ2) is 6.28. The standard InChI is InChI=1S/C15H16ClN3O2/c16-15-17-13(5-4-11-3-1-10-21-11)12-6-8-19(7-2-9-20)14(12)18-15/h1,3,6,8,10,20H,2,4-5,7,9H2. The molecule has 0 fully saturated rings. The fraction of sp³-hybridized carbons (Fsp3) is 0.333. The van der Waals surface area contributed by atoms with E-state index in [1.807, 2.05) is 29.0 Å². The van der Waals surface area contributed by atoms with Crippen molar-refractivity contribution in [2.45, 2.75) is 25.8 Å². The molecule has 110 valence electrons. The summed E-state index contributed by atoms with van der Waals surface area (Å²) >= 11 is 6.04. The maximum atomic E-state index is 8.95. The van der Waals surface area contributed by atoms with Gasteiger partial charge in [-0.2, -0.15) is 4.98 Å². The van der Waals surface area contributed by atoms with Crippen LogP contribution in [0.5, 0.6) is 0 Å². The first-order valence-electron chi connectivity index (χ1n) is 6.92. The quantitative estimate of drug-likeness (QED) is 0.711. The van der Waals surface area contributed by atoms with Crippen molar-refractivity contribution in [3.05, 3.63) is 47.4 Å². The Morgan fingerprint density at radius 1 is 1.24 bits per heavy atom. The molecule has 0 radical (unpaired) electrons. The zero-order valence-electron chi connectivity index (χ0n) is 11.5. The van der Waals surface area contributed by atoms with Gasteiger partial charge in [-0.3, -0.25) is 0 Å². The van der Waals surface area contributed by atoms with E-state index in [-0.39, 0.29) is 11.9 Å². The molecule has 6 heteroatoms. The molecule has 0 aliphatic rings. The lowest BCUT2D eigenvalue weighted by Crippen LogP contribution is -2.02. The minimum atomic E-state index is 0.157. The minimum absolute atomic E-state index is 0.157. The smallest absolute Gasteiger partial charge is 0.224 e. The molecule has 3 aromatic rings. The summed E-state index contributed by atoms with van der Waals surface area (Å²) in [6, 6.07) is 5.83. The molecule has 0 bridgehead atoms. The predicted octanol–water partition coefficient (Wildman–Crippen LogP) is 2.85. The van der Waals surface area contributed by atoms with E-state index in [1.54, 1.807) is 6.26 Å². The van der Waals surface area contributed by atoms with Gasteiger partial charge in [0.05, 0.1) is 12.0 Å². The highest BCUT2D eigenvalue weighted by molar-refractivity contribution is 6.28. The van der Waals surface area contributed by atoms with Gasteiger partial charge in [0.25, 0.3) is 0 Å². The fourth-order valence-corrected chi connectivity index (χ4v) is 2.59. The zero-order chi connectivity index (χ0) is 14.7. The molecule has 3 aromatic heterocycles. The van der Waals surface area contributed by atoms with Crippen LogP contribution in [-0.2, 0) is 19.4 Å². The van der Waals surface area contributed by atoms with Crippen molar-refractivity contribution in [2.75, 3.05) is 6.61 Å². The summed E-state index contributed by atoms with van der Waals surface area (Å²) in [6.45, 7) is 0.870. The number of furan rings is 1. The van der Waals surface area contributed by atoms with Crippen LogP contribution in [0.25, 0.3) is 11.0 Å². The number of aliphatic hydroxyl groups is 1. The van der Waals surface area contributed by atoms with Gasteiger partial charge in [0.2, 0.25) is 5.28 Å². The Morgan fingerprint density at radius 3 is 2.90 bits per heavy atom. The van der Waals surface area contributed by atoms with Crippen LogP contribution in [0.4, 0.5) is 0 Å². The third-order valence-electron chi connectivity index (χ3n) is 3.42. The zero-order valence-corrected chi connectivity index (χ0v) is 12.3. The summed E-state index contributed by atoms with van der Waals surface area (Å²) in [4.78, 5) is 8.65. The minimum Gasteiger partial charge on any atom is -0.469 e. The van der Waals surface area contributed by atoms with Crippen LogP contribution in [0.15, 0.2) is 35.1 Å². The third kappa shape index (κ3) is 3.09. The van der Waals surface area contributed by atoms with Crippen LogP contribution in [0.1, 0.15) is 17.9 Å². The molecule has 0 spiro atoms. The van der Waals surface area contributed by atoms with E-state index in [0.717, 1.165) is 35.3 Å². The molecular weight excluding hydrogens is 290 g/mol. The first-order chi connectivity index (χ1) is 10.3. The van der Waals surface area contributed by atoms with Crippen LogP contribution >= 0.6 is 11.6 Å². The SMILES string of the molecule is OCCCn1ccc2c(CCc3ccco3)nc(Cl)nc21. The Balaban J connectivity index is 1.89. The van der Waals surface area contributed by atoms with E-state index in [0.29, 0.717) is 13.0 Å². The summed E-state index contributed by atoms with van der Waals surface area (Å²) in [5, 5.41) is 10.2. The number of aliphatic hydroxyl groups excluding tert-OH is 1. The molecule has 3 heterocycles. The molecule has 0 saturated carbocycles. The highest BCUT2D eigenvalue weighted by Crippen LogP contribution is 2.21.